The molecule has 0 saturated carbocycles. The molecular formula is C15H14N2O3S. The highest BCUT2D eigenvalue weighted by molar-refractivity contribution is 8.27. The van der Waals surface area contributed by atoms with Crippen molar-refractivity contribution in [2.24, 2.45) is 4.40 Å². The first kappa shape index (κ1) is 13.7. The van der Waals surface area contributed by atoms with Gasteiger partial charge in [0, 0.05) is 16.7 Å². The number of para-hydroxylation sites is 1. The second kappa shape index (κ2) is 4.91. The van der Waals surface area contributed by atoms with Crippen LogP contribution in [0.15, 0.2) is 57.8 Å². The number of phenols is 1. The lowest BCUT2D eigenvalue weighted by Gasteiger charge is -2.19. The molecule has 1 heterocycles. The Morgan fingerprint density at radius 3 is 2.57 bits per heavy atom. The number of carbonyl (C=O) groups excluding carboxylic acids is 1. The van der Waals surface area contributed by atoms with Crippen molar-refractivity contribution >= 4 is 22.2 Å². The van der Waals surface area contributed by atoms with Crippen LogP contribution in [0.4, 0.5) is 0 Å². The van der Waals surface area contributed by atoms with Crippen LogP contribution in [-0.4, -0.2) is 27.7 Å². The predicted molar refractivity (Wildman–Crippen MR) is 83.0 cm³/mol. The summed E-state index contributed by atoms with van der Waals surface area (Å²) in [7, 11) is -2.28. The van der Waals surface area contributed by atoms with E-state index in [1.165, 1.54) is 12.1 Å². The molecule has 0 aromatic heterocycles. The fourth-order valence-corrected chi connectivity index (χ4v) is 3.72. The van der Waals surface area contributed by atoms with Gasteiger partial charge >= 0.3 is 0 Å². The molecule has 1 aliphatic heterocycles. The van der Waals surface area contributed by atoms with E-state index in [0.717, 1.165) is 4.90 Å². The van der Waals surface area contributed by atoms with Gasteiger partial charge in [-0.2, -0.15) is 4.40 Å². The molecule has 0 fully saturated rings. The maximum atomic E-state index is 12.2. The highest BCUT2D eigenvalue weighted by Gasteiger charge is 2.30. The zero-order chi connectivity index (χ0) is 15.0. The molecule has 6 heteroatoms. The minimum atomic E-state index is -2.28. The molecule has 108 valence electrons. The van der Waals surface area contributed by atoms with Crippen LogP contribution in [0.1, 0.15) is 15.9 Å². The van der Waals surface area contributed by atoms with E-state index in [9.17, 15) is 14.5 Å². The lowest BCUT2D eigenvalue weighted by molar-refractivity contribution is 0.0974. The van der Waals surface area contributed by atoms with Gasteiger partial charge in [-0.05, 0) is 28.7 Å². The van der Waals surface area contributed by atoms with Crippen LogP contribution in [0.25, 0.3) is 0 Å². The van der Waals surface area contributed by atoms with Crippen molar-refractivity contribution in [2.75, 3.05) is 6.26 Å². The molecule has 1 atom stereocenters. The molecule has 2 aromatic rings. The molecule has 0 radical (unpaired) electrons. The zero-order valence-corrected chi connectivity index (χ0v) is 12.1. The smallest absolute Gasteiger partial charge is 0.260 e. The van der Waals surface area contributed by atoms with Crippen LogP contribution in [0.5, 0.6) is 5.75 Å². The Balaban J connectivity index is 1.93. The van der Waals surface area contributed by atoms with Gasteiger partial charge in [-0.1, -0.05) is 30.3 Å². The van der Waals surface area contributed by atoms with Gasteiger partial charge in [0.25, 0.3) is 5.91 Å². The Bertz CT molecular complexity index is 756. The Labute approximate surface area is 123 Å². The Kier molecular flexibility index (Phi) is 3.19. The number of hydrogen-bond donors (Lipinski definition) is 3. The molecule has 3 N–H and O–H groups in total. The molecule has 0 saturated heterocycles. The van der Waals surface area contributed by atoms with Gasteiger partial charge in [0.05, 0.1) is 5.56 Å². The third-order valence-electron chi connectivity index (χ3n) is 3.21. The minimum Gasteiger partial charge on any atom is -0.507 e. The van der Waals surface area contributed by atoms with Crippen molar-refractivity contribution in [1.82, 2.24) is 5.32 Å². The van der Waals surface area contributed by atoms with Gasteiger partial charge in [0.1, 0.15) is 11.6 Å². The quantitative estimate of drug-likeness (QED) is 0.757. The number of hydrogen-bond acceptors (Lipinski definition) is 4. The third-order valence-corrected chi connectivity index (χ3v) is 4.94. The van der Waals surface area contributed by atoms with E-state index >= 15 is 0 Å². The number of rotatable bonds is 1. The van der Waals surface area contributed by atoms with Gasteiger partial charge in [0.2, 0.25) is 0 Å². The topological polar surface area (TPSA) is 81.9 Å². The SMILES string of the molecule is CS1(O)N=C(NC(=O)c2ccccc2O)c2ccccc21. The molecule has 1 aliphatic rings. The van der Waals surface area contributed by atoms with E-state index in [1.807, 2.05) is 12.1 Å². The summed E-state index contributed by atoms with van der Waals surface area (Å²) in [5.41, 5.74) is 0.875. The highest BCUT2D eigenvalue weighted by atomic mass is 32.3. The number of phenolic OH excluding ortho intramolecular Hbond substituents is 1. The number of nitrogens with zero attached hydrogens (tertiary/aromatic N) is 1. The average molecular weight is 302 g/mol. The lowest BCUT2D eigenvalue weighted by atomic mass is 10.1. The summed E-state index contributed by atoms with van der Waals surface area (Å²) < 4.78 is 14.6. The van der Waals surface area contributed by atoms with Crippen LogP contribution in [0.2, 0.25) is 0 Å². The third kappa shape index (κ3) is 2.39. The molecule has 0 bridgehead atoms. The second-order valence-corrected chi connectivity index (χ2v) is 7.03. The van der Waals surface area contributed by atoms with Crippen molar-refractivity contribution in [3.63, 3.8) is 0 Å². The summed E-state index contributed by atoms with van der Waals surface area (Å²) in [6.07, 6.45) is 1.64. The van der Waals surface area contributed by atoms with E-state index in [1.54, 1.807) is 30.5 Å². The van der Waals surface area contributed by atoms with Gasteiger partial charge in [-0.25, -0.2) is 0 Å². The summed E-state index contributed by atoms with van der Waals surface area (Å²) >= 11 is 0. The fraction of sp³-hybridized carbons (Fsp3) is 0.0667. The van der Waals surface area contributed by atoms with Gasteiger partial charge in [0.15, 0.2) is 0 Å². The monoisotopic (exact) mass is 302 g/mol. The van der Waals surface area contributed by atoms with Gasteiger partial charge in [-0.15, -0.1) is 0 Å². The maximum absolute atomic E-state index is 12.2. The van der Waals surface area contributed by atoms with Gasteiger partial charge in [-0.3, -0.25) is 4.79 Å². The largest absolute Gasteiger partial charge is 0.507 e. The Morgan fingerprint density at radius 2 is 1.81 bits per heavy atom. The summed E-state index contributed by atoms with van der Waals surface area (Å²) in [5.74, 6) is -0.224. The summed E-state index contributed by atoms with van der Waals surface area (Å²) in [5, 5.41) is 12.4. The fourth-order valence-electron chi connectivity index (χ4n) is 2.21. The van der Waals surface area contributed by atoms with Crippen LogP contribution in [0.3, 0.4) is 0 Å². The number of amides is 1. The number of aromatic hydroxyl groups is 1. The normalized spacial score (nSPS) is 22.9. The molecule has 3 rings (SSSR count). The molecule has 0 spiro atoms. The molecule has 5 nitrogen and oxygen atoms in total. The van der Waals surface area contributed by atoms with E-state index in [-0.39, 0.29) is 11.3 Å². The van der Waals surface area contributed by atoms with Crippen molar-refractivity contribution in [3.05, 3.63) is 59.7 Å². The Hall–Kier alpha value is -2.31. The Morgan fingerprint density at radius 1 is 1.14 bits per heavy atom. The molecule has 1 amide bonds. The minimum absolute atomic E-state index is 0.0963. The molecule has 2 aromatic carbocycles. The number of nitrogens with one attached hydrogen (secondary N) is 1. The number of fused-ring (bicyclic) bond motifs is 1. The van der Waals surface area contributed by atoms with E-state index in [4.69, 9.17) is 0 Å². The number of benzene rings is 2. The van der Waals surface area contributed by atoms with Crippen molar-refractivity contribution in [3.8, 4) is 5.75 Å². The number of amidine groups is 1. The average Bonchev–Trinajstić information content (AvgIpc) is 2.71. The number of carbonyl (C=O) groups is 1. The van der Waals surface area contributed by atoms with Crippen molar-refractivity contribution in [2.45, 2.75) is 4.90 Å². The van der Waals surface area contributed by atoms with Crippen LogP contribution < -0.4 is 5.32 Å². The molecule has 0 aliphatic carbocycles. The van der Waals surface area contributed by atoms with E-state index in [2.05, 4.69) is 9.71 Å². The van der Waals surface area contributed by atoms with Crippen LogP contribution >= 0.6 is 10.5 Å². The first-order valence-corrected chi connectivity index (χ1v) is 8.24. The maximum Gasteiger partial charge on any atom is 0.260 e. The van der Waals surface area contributed by atoms with E-state index < -0.39 is 16.4 Å². The zero-order valence-electron chi connectivity index (χ0n) is 11.3. The summed E-state index contributed by atoms with van der Waals surface area (Å²) in [6.45, 7) is 0. The molecule has 1 unspecified atom stereocenters. The van der Waals surface area contributed by atoms with Gasteiger partial charge < -0.3 is 15.0 Å². The van der Waals surface area contributed by atoms with Crippen LogP contribution in [-0.2, 0) is 0 Å². The molecule has 21 heavy (non-hydrogen) atoms. The second-order valence-electron chi connectivity index (χ2n) is 4.74. The predicted octanol–water partition coefficient (Wildman–Crippen LogP) is 2.76. The summed E-state index contributed by atoms with van der Waals surface area (Å²) in [6, 6.07) is 13.5. The summed E-state index contributed by atoms with van der Waals surface area (Å²) in [4.78, 5) is 12.9. The molecular weight excluding hydrogens is 288 g/mol. The first-order chi connectivity index (χ1) is 9.99. The first-order valence-electron chi connectivity index (χ1n) is 6.28. The van der Waals surface area contributed by atoms with E-state index in [0.29, 0.717) is 11.4 Å². The van der Waals surface area contributed by atoms with Crippen LogP contribution in [0, 0.1) is 0 Å². The standard InChI is InChI=1S/C15H14N2O3S/c1-21(20)13-9-5-3-7-11(13)14(17-21)16-15(19)10-6-2-4-8-12(10)18/h2-9,18,20H,1H3,(H,16,17,19). The van der Waals surface area contributed by atoms with Crippen molar-refractivity contribution in [1.29, 1.82) is 0 Å². The highest BCUT2D eigenvalue weighted by Crippen LogP contribution is 2.55. The van der Waals surface area contributed by atoms with Crippen molar-refractivity contribution < 1.29 is 14.5 Å². The lowest BCUT2D eigenvalue weighted by Crippen LogP contribution is -2.30.